The van der Waals surface area contributed by atoms with Gasteiger partial charge >= 0.3 is 6.18 Å². The van der Waals surface area contributed by atoms with Crippen LogP contribution >= 0.6 is 0 Å². The van der Waals surface area contributed by atoms with Gasteiger partial charge in [-0.1, -0.05) is 0 Å². The van der Waals surface area contributed by atoms with E-state index in [9.17, 15) is 26.7 Å². The van der Waals surface area contributed by atoms with Crippen LogP contribution in [0.25, 0.3) is 11.1 Å². The van der Waals surface area contributed by atoms with Crippen molar-refractivity contribution in [2.24, 2.45) is 0 Å². The molecule has 34 heavy (non-hydrogen) atoms. The van der Waals surface area contributed by atoms with Crippen molar-refractivity contribution < 1.29 is 26.7 Å². The van der Waals surface area contributed by atoms with E-state index in [-0.39, 0.29) is 28.5 Å². The van der Waals surface area contributed by atoms with E-state index in [2.05, 4.69) is 25.6 Å². The van der Waals surface area contributed by atoms with Gasteiger partial charge < -0.3 is 10.6 Å². The molecule has 0 saturated heterocycles. The van der Waals surface area contributed by atoms with Gasteiger partial charge in [-0.05, 0) is 42.5 Å². The van der Waals surface area contributed by atoms with E-state index in [1.54, 1.807) is 0 Å². The first-order valence-corrected chi connectivity index (χ1v) is 9.68. The van der Waals surface area contributed by atoms with Gasteiger partial charge in [0.25, 0.3) is 5.91 Å². The zero-order valence-electron chi connectivity index (χ0n) is 17.1. The molecule has 3 aromatic heterocycles. The number of hydrogen-bond donors (Lipinski definition) is 2. The molecule has 4 rings (SSSR count). The molecule has 4 aromatic rings. The quantitative estimate of drug-likeness (QED) is 0.358. The Hall–Kier alpha value is -4.41. The predicted octanol–water partition coefficient (Wildman–Crippen LogP) is 5.83. The van der Waals surface area contributed by atoms with Crippen LogP contribution in [0.3, 0.4) is 0 Å². The molecule has 0 aliphatic heterocycles. The summed E-state index contributed by atoms with van der Waals surface area (Å²) in [4.78, 5) is 24.5. The van der Waals surface area contributed by atoms with Gasteiger partial charge in [-0.2, -0.15) is 13.2 Å². The molecule has 0 aliphatic carbocycles. The molecule has 0 saturated carbocycles. The molecule has 2 N–H and O–H groups in total. The molecule has 6 nitrogen and oxygen atoms in total. The maximum atomic E-state index is 14.3. The summed E-state index contributed by atoms with van der Waals surface area (Å²) in [5.74, 6) is -1.86. The van der Waals surface area contributed by atoms with Gasteiger partial charge in [0.05, 0.1) is 17.4 Å². The third kappa shape index (κ3) is 5.14. The summed E-state index contributed by atoms with van der Waals surface area (Å²) >= 11 is 0. The number of alkyl halides is 3. The van der Waals surface area contributed by atoms with Crippen molar-refractivity contribution in [1.82, 2.24) is 15.0 Å². The standard InChI is InChI=1S/C23H14F5N5O/c24-15-2-3-16(18(25)10-15)17-6-7-29-12-19(17)32-22(34)13-5-8-30-21(9-13)33-20-4-1-14(11-31-20)23(26,27)28/h1-12H,(H,32,34)(H,30,31,33). The Labute approximate surface area is 189 Å². The number of pyridine rings is 3. The van der Waals surface area contributed by atoms with Crippen LogP contribution < -0.4 is 10.6 Å². The lowest BCUT2D eigenvalue weighted by Gasteiger charge is -2.12. The molecule has 0 spiro atoms. The van der Waals surface area contributed by atoms with Crippen molar-refractivity contribution >= 4 is 23.2 Å². The highest BCUT2D eigenvalue weighted by molar-refractivity contribution is 6.06. The molecule has 0 radical (unpaired) electrons. The van der Waals surface area contributed by atoms with E-state index in [0.717, 1.165) is 24.3 Å². The fourth-order valence-corrected chi connectivity index (χ4v) is 3.04. The lowest BCUT2D eigenvalue weighted by atomic mass is 10.0. The summed E-state index contributed by atoms with van der Waals surface area (Å²) in [6, 6.07) is 9.33. The van der Waals surface area contributed by atoms with Crippen molar-refractivity contribution in [2.45, 2.75) is 6.18 Å². The van der Waals surface area contributed by atoms with Crippen LogP contribution in [0, 0.1) is 11.6 Å². The van der Waals surface area contributed by atoms with Crippen molar-refractivity contribution in [1.29, 1.82) is 0 Å². The second-order valence-corrected chi connectivity index (χ2v) is 6.98. The lowest BCUT2D eigenvalue weighted by molar-refractivity contribution is -0.137. The molecule has 1 amide bonds. The Bertz CT molecular complexity index is 1340. The predicted molar refractivity (Wildman–Crippen MR) is 114 cm³/mol. The minimum Gasteiger partial charge on any atom is -0.325 e. The maximum absolute atomic E-state index is 14.3. The molecular weight excluding hydrogens is 457 g/mol. The van der Waals surface area contributed by atoms with Crippen molar-refractivity contribution in [3.63, 3.8) is 0 Å². The minimum atomic E-state index is -4.51. The zero-order chi connectivity index (χ0) is 24.3. The maximum Gasteiger partial charge on any atom is 0.417 e. The second-order valence-electron chi connectivity index (χ2n) is 6.98. The van der Waals surface area contributed by atoms with E-state index in [1.165, 1.54) is 42.9 Å². The number of nitrogens with zero attached hydrogens (tertiary/aromatic N) is 3. The molecule has 3 heterocycles. The molecule has 172 valence electrons. The topological polar surface area (TPSA) is 79.8 Å². The summed E-state index contributed by atoms with van der Waals surface area (Å²) in [7, 11) is 0. The van der Waals surface area contributed by atoms with E-state index in [4.69, 9.17) is 0 Å². The second kappa shape index (κ2) is 9.22. The number of aromatic nitrogens is 3. The molecule has 0 fully saturated rings. The van der Waals surface area contributed by atoms with E-state index in [0.29, 0.717) is 11.8 Å². The van der Waals surface area contributed by atoms with E-state index < -0.39 is 29.3 Å². The number of benzene rings is 1. The summed E-state index contributed by atoms with van der Waals surface area (Å²) < 4.78 is 65.6. The molecule has 1 aromatic carbocycles. The van der Waals surface area contributed by atoms with Gasteiger partial charge in [0.2, 0.25) is 0 Å². The number of anilines is 3. The van der Waals surface area contributed by atoms with Crippen LogP contribution in [0.4, 0.5) is 39.3 Å². The van der Waals surface area contributed by atoms with Crippen LogP contribution in [-0.2, 0) is 6.18 Å². The molecule has 0 atom stereocenters. The first-order chi connectivity index (χ1) is 16.2. The van der Waals surface area contributed by atoms with Crippen LogP contribution in [0.1, 0.15) is 15.9 Å². The Kier molecular flexibility index (Phi) is 6.17. The van der Waals surface area contributed by atoms with Crippen molar-refractivity contribution in [3.05, 3.63) is 96.1 Å². The number of carbonyl (C=O) groups excluding carboxylic acids is 1. The molecule has 0 aliphatic rings. The average Bonchev–Trinajstić information content (AvgIpc) is 2.80. The van der Waals surface area contributed by atoms with Crippen molar-refractivity contribution in [3.8, 4) is 11.1 Å². The first-order valence-electron chi connectivity index (χ1n) is 9.68. The number of carbonyl (C=O) groups is 1. The SMILES string of the molecule is O=C(Nc1cnccc1-c1ccc(F)cc1F)c1ccnc(Nc2ccc(C(F)(F)F)cn2)c1. The molecule has 0 bridgehead atoms. The van der Waals surface area contributed by atoms with Gasteiger partial charge in [-0.15, -0.1) is 0 Å². The van der Waals surface area contributed by atoms with Crippen LogP contribution in [-0.4, -0.2) is 20.9 Å². The van der Waals surface area contributed by atoms with Gasteiger partial charge in [-0.3, -0.25) is 9.78 Å². The first kappa shape index (κ1) is 22.8. The van der Waals surface area contributed by atoms with Gasteiger partial charge in [-0.25, -0.2) is 18.7 Å². The van der Waals surface area contributed by atoms with Crippen LogP contribution in [0.2, 0.25) is 0 Å². The summed E-state index contributed by atoms with van der Waals surface area (Å²) in [6.07, 6.45) is 0.216. The van der Waals surface area contributed by atoms with Crippen LogP contribution in [0.5, 0.6) is 0 Å². The zero-order valence-corrected chi connectivity index (χ0v) is 17.1. The normalized spacial score (nSPS) is 11.2. The number of rotatable bonds is 5. The van der Waals surface area contributed by atoms with Gasteiger partial charge in [0, 0.05) is 41.3 Å². The van der Waals surface area contributed by atoms with E-state index in [1.807, 2.05) is 0 Å². The Balaban J connectivity index is 1.54. The third-order valence-electron chi connectivity index (χ3n) is 4.66. The Morgan fingerprint density at radius 3 is 2.35 bits per heavy atom. The van der Waals surface area contributed by atoms with Gasteiger partial charge in [0.1, 0.15) is 23.3 Å². The molecular formula is C23H14F5N5O. The lowest BCUT2D eigenvalue weighted by Crippen LogP contribution is -2.13. The fraction of sp³-hybridized carbons (Fsp3) is 0.0435. The molecule has 0 unspecified atom stereocenters. The largest absolute Gasteiger partial charge is 0.417 e. The third-order valence-corrected chi connectivity index (χ3v) is 4.66. The monoisotopic (exact) mass is 471 g/mol. The van der Waals surface area contributed by atoms with Crippen molar-refractivity contribution in [2.75, 3.05) is 10.6 Å². The molecule has 11 heteroatoms. The highest BCUT2D eigenvalue weighted by atomic mass is 19.4. The minimum absolute atomic E-state index is 0.0737. The number of hydrogen-bond acceptors (Lipinski definition) is 5. The average molecular weight is 471 g/mol. The smallest absolute Gasteiger partial charge is 0.325 e. The summed E-state index contributed by atoms with van der Waals surface area (Å²) in [6.45, 7) is 0. The number of halogens is 5. The van der Waals surface area contributed by atoms with Crippen LogP contribution in [0.15, 0.2) is 73.3 Å². The highest BCUT2D eigenvalue weighted by Gasteiger charge is 2.30. The number of nitrogens with one attached hydrogen (secondary N) is 2. The highest BCUT2D eigenvalue weighted by Crippen LogP contribution is 2.31. The van der Waals surface area contributed by atoms with Gasteiger partial charge in [0.15, 0.2) is 0 Å². The summed E-state index contributed by atoms with van der Waals surface area (Å²) in [5, 5.41) is 5.35. The summed E-state index contributed by atoms with van der Waals surface area (Å²) in [5.41, 5.74) is -0.191. The fourth-order valence-electron chi connectivity index (χ4n) is 3.04. The number of amides is 1. The Morgan fingerprint density at radius 2 is 1.65 bits per heavy atom. The Morgan fingerprint density at radius 1 is 0.824 bits per heavy atom. The van der Waals surface area contributed by atoms with E-state index >= 15 is 0 Å².